The van der Waals surface area contributed by atoms with Gasteiger partial charge in [0.1, 0.15) is 0 Å². The van der Waals surface area contributed by atoms with Crippen molar-refractivity contribution in [3.8, 4) is 0 Å². The fourth-order valence-electron chi connectivity index (χ4n) is 1.18. The van der Waals surface area contributed by atoms with Gasteiger partial charge in [-0.25, -0.2) is 4.79 Å². The van der Waals surface area contributed by atoms with Gasteiger partial charge in [0.15, 0.2) is 0 Å². The second kappa shape index (κ2) is 6.33. The summed E-state index contributed by atoms with van der Waals surface area (Å²) in [5.41, 5.74) is 10.2. The number of carbonyl (C=O) groups excluding carboxylic acids is 2. The van der Waals surface area contributed by atoms with E-state index in [0.29, 0.717) is 19.6 Å². The molecule has 5 N–H and O–H groups in total. The Morgan fingerprint density at radius 1 is 1.50 bits per heavy atom. The Hall–Kier alpha value is -1.14. The fraction of sp³-hybridized carbons (Fsp3) is 0.750. The summed E-state index contributed by atoms with van der Waals surface area (Å²) < 4.78 is 0. The molecule has 0 aromatic heterocycles. The lowest BCUT2D eigenvalue weighted by Gasteiger charge is -2.25. The average Bonchev–Trinajstić information content (AvgIpc) is 2.12. The summed E-state index contributed by atoms with van der Waals surface area (Å²) in [4.78, 5) is 23.6. The molecule has 0 aliphatic carbocycles. The van der Waals surface area contributed by atoms with E-state index >= 15 is 0 Å². The molecule has 6 nitrogen and oxygen atoms in total. The summed E-state index contributed by atoms with van der Waals surface area (Å²) in [6, 6.07) is -1.22. The van der Waals surface area contributed by atoms with Crippen LogP contribution in [-0.2, 0) is 4.79 Å². The third-order valence-corrected chi connectivity index (χ3v) is 2.00. The monoisotopic (exact) mass is 202 g/mol. The molecule has 0 saturated heterocycles. The number of hydrogen-bond donors (Lipinski definition) is 3. The highest BCUT2D eigenvalue weighted by Gasteiger charge is 2.19. The molecule has 0 rings (SSSR count). The minimum absolute atomic E-state index is 0.393. The Labute approximate surface area is 83.6 Å². The van der Waals surface area contributed by atoms with Gasteiger partial charge in [-0.15, -0.1) is 0 Å². The number of carbonyl (C=O) groups is 2. The Balaban J connectivity index is 4.18. The first-order chi connectivity index (χ1) is 6.52. The molecule has 0 bridgehead atoms. The van der Waals surface area contributed by atoms with Crippen molar-refractivity contribution in [1.29, 1.82) is 0 Å². The van der Waals surface area contributed by atoms with Gasteiger partial charge in [-0.2, -0.15) is 0 Å². The number of urea groups is 1. The van der Waals surface area contributed by atoms with Gasteiger partial charge in [-0.3, -0.25) is 15.0 Å². The van der Waals surface area contributed by atoms with Crippen molar-refractivity contribution in [2.24, 2.45) is 11.5 Å². The summed E-state index contributed by atoms with van der Waals surface area (Å²) in [6.07, 6.45) is 0. The summed E-state index contributed by atoms with van der Waals surface area (Å²) in [7, 11) is 0. The van der Waals surface area contributed by atoms with Gasteiger partial charge in [0, 0.05) is 13.1 Å². The Morgan fingerprint density at radius 3 is 2.43 bits per heavy atom. The van der Waals surface area contributed by atoms with Crippen molar-refractivity contribution in [1.82, 2.24) is 10.2 Å². The number of nitrogens with two attached hydrogens (primary N) is 2. The van der Waals surface area contributed by atoms with Crippen molar-refractivity contribution >= 4 is 11.9 Å². The minimum Gasteiger partial charge on any atom is -0.351 e. The summed E-state index contributed by atoms with van der Waals surface area (Å²) >= 11 is 0. The highest BCUT2D eigenvalue weighted by atomic mass is 16.2. The molecule has 0 radical (unpaired) electrons. The van der Waals surface area contributed by atoms with Crippen LogP contribution in [0.1, 0.15) is 13.8 Å². The van der Waals surface area contributed by atoms with E-state index < -0.39 is 18.0 Å². The number of likely N-dealkylation sites (N-methyl/N-ethyl adjacent to an activating group) is 1. The fourth-order valence-corrected chi connectivity index (χ4v) is 1.18. The third kappa shape index (κ3) is 4.20. The number of nitrogens with one attached hydrogen (secondary N) is 1. The molecule has 1 unspecified atom stereocenters. The topological polar surface area (TPSA) is 101 Å². The molecule has 0 aromatic carbocycles. The summed E-state index contributed by atoms with van der Waals surface area (Å²) in [5.74, 6) is -0.396. The molecule has 14 heavy (non-hydrogen) atoms. The Bertz CT molecular complexity index is 208. The number of imide groups is 1. The first kappa shape index (κ1) is 12.9. The molecule has 1 atom stereocenters. The Morgan fingerprint density at radius 2 is 2.07 bits per heavy atom. The maximum Gasteiger partial charge on any atom is 0.318 e. The van der Waals surface area contributed by atoms with E-state index in [0.717, 1.165) is 0 Å². The van der Waals surface area contributed by atoms with Crippen LogP contribution in [0, 0.1) is 0 Å². The minimum atomic E-state index is -0.828. The van der Waals surface area contributed by atoms with Crippen molar-refractivity contribution in [2.75, 3.05) is 19.6 Å². The van der Waals surface area contributed by atoms with Crippen LogP contribution in [0.15, 0.2) is 0 Å². The zero-order valence-corrected chi connectivity index (χ0v) is 8.62. The van der Waals surface area contributed by atoms with E-state index in [1.807, 2.05) is 17.1 Å². The van der Waals surface area contributed by atoms with Crippen LogP contribution < -0.4 is 16.8 Å². The summed E-state index contributed by atoms with van der Waals surface area (Å²) in [6.45, 7) is 5.41. The van der Waals surface area contributed by atoms with Crippen LogP contribution in [0.4, 0.5) is 4.79 Å². The molecule has 82 valence electrons. The van der Waals surface area contributed by atoms with Crippen LogP contribution >= 0.6 is 0 Å². The first-order valence-electron chi connectivity index (χ1n) is 4.57. The van der Waals surface area contributed by atoms with Gasteiger partial charge in [0.2, 0.25) is 5.91 Å². The smallest absolute Gasteiger partial charge is 0.318 e. The van der Waals surface area contributed by atoms with E-state index in [9.17, 15) is 9.59 Å². The molecule has 0 aromatic rings. The molecule has 0 aliphatic heterocycles. The van der Waals surface area contributed by atoms with Crippen molar-refractivity contribution in [3.63, 3.8) is 0 Å². The molecule has 0 fully saturated rings. The normalized spacial score (nSPS) is 12.6. The van der Waals surface area contributed by atoms with Crippen LogP contribution in [0.5, 0.6) is 0 Å². The molecular weight excluding hydrogens is 184 g/mol. The number of rotatable bonds is 5. The maximum atomic E-state index is 11.3. The van der Waals surface area contributed by atoms with E-state index in [1.54, 1.807) is 6.92 Å². The maximum absolute atomic E-state index is 11.3. The van der Waals surface area contributed by atoms with Gasteiger partial charge < -0.3 is 11.5 Å². The van der Waals surface area contributed by atoms with Crippen LogP contribution in [0.2, 0.25) is 0 Å². The molecule has 0 heterocycles. The first-order valence-corrected chi connectivity index (χ1v) is 4.57. The van der Waals surface area contributed by atoms with Gasteiger partial charge in [0.25, 0.3) is 0 Å². The van der Waals surface area contributed by atoms with Gasteiger partial charge in [-0.05, 0) is 13.5 Å². The second-order valence-electron chi connectivity index (χ2n) is 2.95. The number of hydrogen-bond acceptors (Lipinski definition) is 4. The van der Waals surface area contributed by atoms with E-state index in [-0.39, 0.29) is 0 Å². The molecular formula is C8H18N4O2. The standard InChI is InChI=1S/C8H18N4O2/c1-3-12(5-4-9)6(2)7(13)11-8(10)14/h6H,3-5,9H2,1-2H3,(H3,10,11,13,14). The highest BCUT2D eigenvalue weighted by Crippen LogP contribution is 1.97. The SMILES string of the molecule is CCN(CCN)C(C)C(=O)NC(N)=O. The van der Waals surface area contributed by atoms with Crippen LogP contribution in [0.3, 0.4) is 0 Å². The van der Waals surface area contributed by atoms with Gasteiger partial charge >= 0.3 is 6.03 Å². The zero-order valence-electron chi connectivity index (χ0n) is 8.62. The zero-order chi connectivity index (χ0) is 11.1. The molecule has 6 heteroatoms. The molecule has 3 amide bonds. The van der Waals surface area contributed by atoms with Gasteiger partial charge in [-0.1, -0.05) is 6.92 Å². The Kier molecular flexibility index (Phi) is 5.82. The van der Waals surface area contributed by atoms with Crippen LogP contribution in [-0.4, -0.2) is 42.5 Å². The molecule has 0 spiro atoms. The van der Waals surface area contributed by atoms with Crippen molar-refractivity contribution in [2.45, 2.75) is 19.9 Å². The predicted molar refractivity (Wildman–Crippen MR) is 53.5 cm³/mol. The molecule has 0 aliphatic rings. The lowest BCUT2D eigenvalue weighted by Crippen LogP contribution is -2.49. The lowest BCUT2D eigenvalue weighted by molar-refractivity contribution is -0.124. The second-order valence-corrected chi connectivity index (χ2v) is 2.95. The van der Waals surface area contributed by atoms with Crippen LogP contribution in [0.25, 0.3) is 0 Å². The van der Waals surface area contributed by atoms with Gasteiger partial charge in [0.05, 0.1) is 6.04 Å². The predicted octanol–water partition coefficient (Wildman–Crippen LogP) is -1.15. The van der Waals surface area contributed by atoms with Crippen molar-refractivity contribution < 1.29 is 9.59 Å². The highest BCUT2D eigenvalue weighted by molar-refractivity contribution is 5.96. The average molecular weight is 202 g/mol. The van der Waals surface area contributed by atoms with Crippen molar-refractivity contribution in [3.05, 3.63) is 0 Å². The summed E-state index contributed by atoms with van der Waals surface area (Å²) in [5, 5.41) is 2.03. The molecule has 0 saturated carbocycles. The largest absolute Gasteiger partial charge is 0.351 e. The number of primary amides is 1. The number of amides is 3. The lowest BCUT2D eigenvalue weighted by atomic mass is 10.2. The third-order valence-electron chi connectivity index (χ3n) is 2.00. The van der Waals surface area contributed by atoms with E-state index in [1.165, 1.54) is 0 Å². The van der Waals surface area contributed by atoms with E-state index in [4.69, 9.17) is 11.5 Å². The van der Waals surface area contributed by atoms with E-state index in [2.05, 4.69) is 0 Å². The number of nitrogens with zero attached hydrogens (tertiary/aromatic N) is 1. The quantitative estimate of drug-likeness (QED) is 0.524.